The average Bonchev–Trinajstić information content (AvgIpc) is 3.10. The molecule has 0 aliphatic rings. The number of halogens is 1. The van der Waals surface area contributed by atoms with Gasteiger partial charge in [-0.2, -0.15) is 0 Å². The monoisotopic (exact) mass is 366 g/mol. The lowest BCUT2D eigenvalue weighted by atomic mass is 10.2. The van der Waals surface area contributed by atoms with Crippen LogP contribution < -0.4 is 10.6 Å². The number of carbonyl (C=O) groups excluding carboxylic acids is 1. The summed E-state index contributed by atoms with van der Waals surface area (Å²) in [5.41, 5.74) is 1.41. The van der Waals surface area contributed by atoms with Crippen molar-refractivity contribution in [3.05, 3.63) is 84.4 Å². The number of nitrogens with one attached hydrogen (secondary N) is 2. The molecule has 0 radical (unpaired) electrons. The predicted octanol–water partition coefficient (Wildman–Crippen LogP) is 4.61. The quantitative estimate of drug-likeness (QED) is 0.523. The maximum Gasteiger partial charge on any atom is 0.250 e. The summed E-state index contributed by atoms with van der Waals surface area (Å²) >= 11 is 5.03. The van der Waals surface area contributed by atoms with E-state index in [1.165, 1.54) is 18.2 Å². The Kier molecular flexibility index (Phi) is 5.56. The van der Waals surface area contributed by atoms with Gasteiger partial charge >= 0.3 is 0 Å². The summed E-state index contributed by atoms with van der Waals surface area (Å²) in [6.45, 7) is 0. The first kappa shape index (κ1) is 17.6. The molecule has 0 bridgehead atoms. The van der Waals surface area contributed by atoms with Crippen molar-refractivity contribution in [3.63, 3.8) is 0 Å². The molecule has 0 saturated heterocycles. The van der Waals surface area contributed by atoms with E-state index in [4.69, 9.17) is 16.6 Å². The average molecular weight is 366 g/mol. The Morgan fingerprint density at radius 3 is 2.62 bits per heavy atom. The molecular weight excluding hydrogens is 351 g/mol. The number of benzene rings is 2. The van der Waals surface area contributed by atoms with Gasteiger partial charge in [0.05, 0.1) is 0 Å². The summed E-state index contributed by atoms with van der Waals surface area (Å²) in [4.78, 5) is 11.9. The van der Waals surface area contributed by atoms with Crippen molar-refractivity contribution < 1.29 is 13.6 Å². The van der Waals surface area contributed by atoms with Crippen LogP contribution in [0.1, 0.15) is 5.76 Å². The molecule has 3 rings (SSSR count). The first-order chi connectivity index (χ1) is 12.6. The van der Waals surface area contributed by atoms with E-state index >= 15 is 0 Å². The fourth-order valence-electron chi connectivity index (χ4n) is 2.24. The fourth-order valence-corrected chi connectivity index (χ4v) is 2.46. The van der Waals surface area contributed by atoms with Gasteiger partial charge in [-0.05, 0) is 48.6 Å². The van der Waals surface area contributed by atoms with Gasteiger partial charge in [0, 0.05) is 17.3 Å². The lowest BCUT2D eigenvalue weighted by Crippen LogP contribution is -2.32. The van der Waals surface area contributed by atoms with Crippen LogP contribution in [0.25, 0.3) is 17.4 Å². The second-order valence-corrected chi connectivity index (χ2v) is 5.76. The summed E-state index contributed by atoms with van der Waals surface area (Å²) in [5.74, 6) is 0.449. The molecule has 1 aromatic heterocycles. The zero-order valence-corrected chi connectivity index (χ0v) is 14.4. The van der Waals surface area contributed by atoms with Crippen LogP contribution in [0.4, 0.5) is 10.1 Å². The molecule has 2 aromatic carbocycles. The molecule has 1 heterocycles. The van der Waals surface area contributed by atoms with Crippen LogP contribution in [-0.4, -0.2) is 11.0 Å². The molecule has 4 nitrogen and oxygen atoms in total. The molecule has 0 saturated carbocycles. The van der Waals surface area contributed by atoms with E-state index < -0.39 is 11.7 Å². The van der Waals surface area contributed by atoms with Crippen LogP contribution in [-0.2, 0) is 4.79 Å². The highest BCUT2D eigenvalue weighted by Gasteiger charge is 2.04. The first-order valence-electron chi connectivity index (χ1n) is 7.81. The highest BCUT2D eigenvalue weighted by atomic mass is 32.1. The SMILES string of the molecule is O=C(/C=C/c1ccc(-c2ccccc2)o1)NC(=S)Nc1cccc(F)c1. The number of hydrogen-bond donors (Lipinski definition) is 2. The number of thiocarbonyl (C=S) groups is 1. The Balaban J connectivity index is 1.56. The molecule has 0 unspecified atom stereocenters. The standard InChI is InChI=1S/C20H15FN2O2S/c21-15-7-4-8-16(13-15)22-20(26)23-19(24)12-10-17-9-11-18(25-17)14-5-2-1-3-6-14/h1-13H,(H2,22,23,24,26)/b12-10+. The van der Waals surface area contributed by atoms with E-state index in [1.54, 1.807) is 24.3 Å². The van der Waals surface area contributed by atoms with Gasteiger partial charge in [-0.25, -0.2) is 4.39 Å². The summed E-state index contributed by atoms with van der Waals surface area (Å²) in [6, 6.07) is 19.1. The van der Waals surface area contributed by atoms with Gasteiger partial charge in [0.15, 0.2) is 5.11 Å². The Morgan fingerprint density at radius 2 is 1.85 bits per heavy atom. The Bertz CT molecular complexity index is 951. The number of hydrogen-bond acceptors (Lipinski definition) is 3. The van der Waals surface area contributed by atoms with Crippen LogP contribution in [0.5, 0.6) is 0 Å². The first-order valence-corrected chi connectivity index (χ1v) is 8.22. The number of furan rings is 1. The lowest BCUT2D eigenvalue weighted by Gasteiger charge is -2.07. The second kappa shape index (κ2) is 8.22. The van der Waals surface area contributed by atoms with Crippen LogP contribution in [0, 0.1) is 5.82 Å². The number of rotatable bonds is 4. The van der Waals surface area contributed by atoms with Crippen molar-refractivity contribution >= 4 is 35.0 Å². The maximum absolute atomic E-state index is 13.1. The fraction of sp³-hybridized carbons (Fsp3) is 0. The van der Waals surface area contributed by atoms with E-state index in [-0.39, 0.29) is 5.11 Å². The Morgan fingerprint density at radius 1 is 1.04 bits per heavy atom. The van der Waals surface area contributed by atoms with Crippen molar-refractivity contribution in [2.45, 2.75) is 0 Å². The molecule has 0 atom stereocenters. The van der Waals surface area contributed by atoms with Crippen molar-refractivity contribution in [3.8, 4) is 11.3 Å². The van der Waals surface area contributed by atoms with Crippen molar-refractivity contribution in [1.29, 1.82) is 0 Å². The highest BCUT2D eigenvalue weighted by molar-refractivity contribution is 7.80. The normalized spacial score (nSPS) is 10.7. The van der Waals surface area contributed by atoms with E-state index in [0.29, 0.717) is 17.2 Å². The van der Waals surface area contributed by atoms with Gasteiger partial charge in [-0.1, -0.05) is 36.4 Å². The van der Waals surface area contributed by atoms with E-state index in [0.717, 1.165) is 5.56 Å². The molecule has 130 valence electrons. The smallest absolute Gasteiger partial charge is 0.250 e. The molecule has 26 heavy (non-hydrogen) atoms. The lowest BCUT2D eigenvalue weighted by molar-refractivity contribution is -0.115. The summed E-state index contributed by atoms with van der Waals surface area (Å²) < 4.78 is 18.8. The summed E-state index contributed by atoms with van der Waals surface area (Å²) in [7, 11) is 0. The van der Waals surface area contributed by atoms with Gasteiger partial charge in [0.2, 0.25) is 5.91 Å². The number of carbonyl (C=O) groups is 1. The minimum atomic E-state index is -0.420. The largest absolute Gasteiger partial charge is 0.457 e. The summed E-state index contributed by atoms with van der Waals surface area (Å²) in [5, 5.41) is 5.31. The third-order valence-corrected chi connectivity index (χ3v) is 3.61. The third-order valence-electron chi connectivity index (χ3n) is 3.40. The molecular formula is C20H15FN2O2S. The van der Waals surface area contributed by atoms with Gasteiger partial charge < -0.3 is 9.73 Å². The van der Waals surface area contributed by atoms with Crippen molar-refractivity contribution in [2.75, 3.05) is 5.32 Å². The summed E-state index contributed by atoms with van der Waals surface area (Å²) in [6.07, 6.45) is 2.86. The minimum absolute atomic E-state index is 0.0784. The van der Waals surface area contributed by atoms with Crippen LogP contribution >= 0.6 is 12.2 Å². The van der Waals surface area contributed by atoms with E-state index in [1.807, 2.05) is 36.4 Å². The molecule has 3 aromatic rings. The van der Waals surface area contributed by atoms with Crippen LogP contribution in [0.15, 0.2) is 77.2 Å². The molecule has 2 N–H and O–H groups in total. The van der Waals surface area contributed by atoms with Gasteiger partial charge in [-0.3, -0.25) is 10.1 Å². The third kappa shape index (κ3) is 4.87. The zero-order chi connectivity index (χ0) is 18.4. The maximum atomic E-state index is 13.1. The number of anilines is 1. The van der Waals surface area contributed by atoms with Crippen LogP contribution in [0.2, 0.25) is 0 Å². The molecule has 1 amide bonds. The van der Waals surface area contributed by atoms with E-state index in [9.17, 15) is 9.18 Å². The van der Waals surface area contributed by atoms with Crippen molar-refractivity contribution in [1.82, 2.24) is 5.32 Å². The Hall–Kier alpha value is -3.25. The van der Waals surface area contributed by atoms with Gasteiger partial charge in [-0.15, -0.1) is 0 Å². The van der Waals surface area contributed by atoms with Gasteiger partial charge in [0.25, 0.3) is 0 Å². The number of amides is 1. The Labute approximate surface area is 155 Å². The second-order valence-electron chi connectivity index (χ2n) is 5.36. The van der Waals surface area contributed by atoms with Gasteiger partial charge in [0.1, 0.15) is 17.3 Å². The van der Waals surface area contributed by atoms with Crippen LogP contribution in [0.3, 0.4) is 0 Å². The van der Waals surface area contributed by atoms with Crippen molar-refractivity contribution in [2.24, 2.45) is 0 Å². The zero-order valence-electron chi connectivity index (χ0n) is 13.6. The molecule has 6 heteroatoms. The molecule has 0 aliphatic heterocycles. The molecule has 0 spiro atoms. The topological polar surface area (TPSA) is 54.3 Å². The van der Waals surface area contributed by atoms with E-state index in [2.05, 4.69) is 10.6 Å². The molecule has 0 fully saturated rings. The predicted molar refractivity (Wildman–Crippen MR) is 104 cm³/mol. The molecule has 0 aliphatic carbocycles. The highest BCUT2D eigenvalue weighted by Crippen LogP contribution is 2.22. The minimum Gasteiger partial charge on any atom is -0.457 e.